The van der Waals surface area contributed by atoms with Crippen molar-refractivity contribution in [3.05, 3.63) is 0 Å². The average molecular weight is 256 g/mol. The Balaban J connectivity index is 3.22. The Hall–Kier alpha value is -0.530. The maximum absolute atomic E-state index is 11.4. The highest BCUT2D eigenvalue weighted by molar-refractivity contribution is 5.69. The quantitative estimate of drug-likeness (QED) is 0.385. The van der Waals surface area contributed by atoms with Crippen LogP contribution in [-0.2, 0) is 9.53 Å². The first-order valence-corrected chi connectivity index (χ1v) is 7.68. The highest BCUT2D eigenvalue weighted by Crippen LogP contribution is 2.11. The van der Waals surface area contributed by atoms with Crippen molar-refractivity contribution in [3.63, 3.8) is 0 Å². The minimum absolute atomic E-state index is 0.0115. The second kappa shape index (κ2) is 11.6. The summed E-state index contributed by atoms with van der Waals surface area (Å²) in [4.78, 5) is 11.4. The van der Waals surface area contributed by atoms with Crippen LogP contribution in [0.3, 0.4) is 0 Å². The van der Waals surface area contributed by atoms with Crippen LogP contribution in [0.5, 0.6) is 0 Å². The molecule has 0 rings (SSSR count). The third-order valence-corrected chi connectivity index (χ3v) is 3.10. The number of rotatable bonds is 11. The van der Waals surface area contributed by atoms with Gasteiger partial charge in [-0.3, -0.25) is 4.79 Å². The lowest BCUT2D eigenvalue weighted by Gasteiger charge is -2.07. The first-order chi connectivity index (χ1) is 8.52. The molecule has 0 aromatic heterocycles. The van der Waals surface area contributed by atoms with Crippen molar-refractivity contribution in [3.8, 4) is 0 Å². The number of carbonyl (C=O) groups is 1. The van der Waals surface area contributed by atoms with E-state index in [0.717, 1.165) is 31.6 Å². The molecule has 0 amide bonds. The summed E-state index contributed by atoms with van der Waals surface area (Å²) in [7, 11) is 0. The third-order valence-electron chi connectivity index (χ3n) is 3.10. The first-order valence-electron chi connectivity index (χ1n) is 7.68. The van der Waals surface area contributed by atoms with Gasteiger partial charge in [-0.25, -0.2) is 0 Å². The SMILES string of the molecule is CC(C)CCCCCCC(=O)OCCCC(C)C. The molecular weight excluding hydrogens is 224 g/mol. The van der Waals surface area contributed by atoms with E-state index in [9.17, 15) is 4.79 Å². The van der Waals surface area contributed by atoms with Gasteiger partial charge < -0.3 is 4.74 Å². The van der Waals surface area contributed by atoms with Gasteiger partial charge in [0.25, 0.3) is 0 Å². The van der Waals surface area contributed by atoms with E-state index in [0.29, 0.717) is 18.9 Å². The van der Waals surface area contributed by atoms with Crippen LogP contribution in [0.1, 0.15) is 79.1 Å². The van der Waals surface area contributed by atoms with E-state index in [2.05, 4.69) is 27.7 Å². The fourth-order valence-electron chi connectivity index (χ4n) is 1.93. The fraction of sp³-hybridized carbons (Fsp3) is 0.938. The molecule has 0 unspecified atom stereocenters. The highest BCUT2D eigenvalue weighted by atomic mass is 16.5. The van der Waals surface area contributed by atoms with Crippen LogP contribution >= 0.6 is 0 Å². The molecule has 0 aliphatic rings. The summed E-state index contributed by atoms with van der Waals surface area (Å²) in [5, 5.41) is 0. The molecule has 2 nitrogen and oxygen atoms in total. The molecule has 18 heavy (non-hydrogen) atoms. The Kier molecular flexibility index (Phi) is 11.2. The Morgan fingerprint density at radius 1 is 0.833 bits per heavy atom. The van der Waals surface area contributed by atoms with E-state index in [1.54, 1.807) is 0 Å². The molecule has 0 saturated carbocycles. The van der Waals surface area contributed by atoms with Crippen LogP contribution in [-0.4, -0.2) is 12.6 Å². The smallest absolute Gasteiger partial charge is 0.305 e. The average Bonchev–Trinajstić information content (AvgIpc) is 2.28. The van der Waals surface area contributed by atoms with Gasteiger partial charge in [0.2, 0.25) is 0 Å². The number of unbranched alkanes of at least 4 members (excludes halogenated alkanes) is 3. The van der Waals surface area contributed by atoms with Crippen molar-refractivity contribution in [1.82, 2.24) is 0 Å². The summed E-state index contributed by atoms with van der Waals surface area (Å²) < 4.78 is 5.20. The van der Waals surface area contributed by atoms with Crippen molar-refractivity contribution in [1.29, 1.82) is 0 Å². The van der Waals surface area contributed by atoms with Gasteiger partial charge in [-0.2, -0.15) is 0 Å². The van der Waals surface area contributed by atoms with Gasteiger partial charge in [0.1, 0.15) is 0 Å². The van der Waals surface area contributed by atoms with Gasteiger partial charge in [0.05, 0.1) is 6.61 Å². The van der Waals surface area contributed by atoms with Crippen LogP contribution in [0.15, 0.2) is 0 Å². The van der Waals surface area contributed by atoms with Gasteiger partial charge in [-0.1, -0.05) is 53.4 Å². The number of hydrogen-bond donors (Lipinski definition) is 0. The summed E-state index contributed by atoms with van der Waals surface area (Å²) in [5.74, 6) is 1.49. The molecule has 2 heteroatoms. The van der Waals surface area contributed by atoms with Crippen LogP contribution < -0.4 is 0 Å². The number of hydrogen-bond acceptors (Lipinski definition) is 2. The van der Waals surface area contributed by atoms with E-state index < -0.39 is 0 Å². The number of carbonyl (C=O) groups excluding carboxylic acids is 1. The maximum atomic E-state index is 11.4. The predicted molar refractivity (Wildman–Crippen MR) is 77.6 cm³/mol. The minimum Gasteiger partial charge on any atom is -0.466 e. The van der Waals surface area contributed by atoms with Crippen LogP contribution in [0.2, 0.25) is 0 Å². The Morgan fingerprint density at radius 2 is 1.39 bits per heavy atom. The number of esters is 1. The summed E-state index contributed by atoms with van der Waals surface area (Å²) in [6.07, 6.45) is 8.73. The minimum atomic E-state index is -0.0115. The molecular formula is C16H32O2. The van der Waals surface area contributed by atoms with E-state index in [1.165, 1.54) is 19.3 Å². The maximum Gasteiger partial charge on any atom is 0.305 e. The molecule has 0 radical (unpaired) electrons. The van der Waals surface area contributed by atoms with Gasteiger partial charge >= 0.3 is 5.97 Å². The lowest BCUT2D eigenvalue weighted by Crippen LogP contribution is -2.06. The molecule has 0 aliphatic carbocycles. The molecule has 0 aromatic rings. The van der Waals surface area contributed by atoms with E-state index in [1.807, 2.05) is 0 Å². The summed E-state index contributed by atoms with van der Waals surface area (Å²) in [5.41, 5.74) is 0. The molecule has 0 bridgehead atoms. The lowest BCUT2D eigenvalue weighted by molar-refractivity contribution is -0.143. The summed E-state index contributed by atoms with van der Waals surface area (Å²) in [6, 6.07) is 0. The predicted octanol–water partition coefficient (Wildman–Crippen LogP) is 4.96. The molecule has 0 aliphatic heterocycles. The zero-order valence-corrected chi connectivity index (χ0v) is 12.8. The molecule has 0 atom stereocenters. The zero-order chi connectivity index (χ0) is 13.8. The van der Waals surface area contributed by atoms with E-state index >= 15 is 0 Å². The zero-order valence-electron chi connectivity index (χ0n) is 12.8. The number of ether oxygens (including phenoxy) is 1. The van der Waals surface area contributed by atoms with Gasteiger partial charge in [0, 0.05) is 6.42 Å². The first kappa shape index (κ1) is 17.5. The highest BCUT2D eigenvalue weighted by Gasteiger charge is 2.03. The Labute approximate surface area is 113 Å². The fourth-order valence-corrected chi connectivity index (χ4v) is 1.93. The van der Waals surface area contributed by atoms with Crippen molar-refractivity contribution in [2.24, 2.45) is 11.8 Å². The lowest BCUT2D eigenvalue weighted by atomic mass is 10.0. The summed E-state index contributed by atoms with van der Waals surface area (Å²) in [6.45, 7) is 9.51. The standard InChI is InChI=1S/C16H32O2/c1-14(2)10-7-5-6-8-12-16(17)18-13-9-11-15(3)4/h14-15H,5-13H2,1-4H3. The van der Waals surface area contributed by atoms with Crippen LogP contribution in [0.4, 0.5) is 0 Å². The molecule has 0 saturated heterocycles. The second-order valence-electron chi connectivity index (χ2n) is 6.10. The summed E-state index contributed by atoms with van der Waals surface area (Å²) >= 11 is 0. The normalized spacial score (nSPS) is 11.2. The van der Waals surface area contributed by atoms with Gasteiger partial charge in [-0.15, -0.1) is 0 Å². The largest absolute Gasteiger partial charge is 0.466 e. The second-order valence-corrected chi connectivity index (χ2v) is 6.10. The van der Waals surface area contributed by atoms with E-state index in [-0.39, 0.29) is 5.97 Å². The molecule has 108 valence electrons. The molecule has 0 N–H and O–H groups in total. The van der Waals surface area contributed by atoms with Crippen LogP contribution in [0.25, 0.3) is 0 Å². The van der Waals surface area contributed by atoms with Gasteiger partial charge in [0.15, 0.2) is 0 Å². The molecule has 0 heterocycles. The van der Waals surface area contributed by atoms with Crippen molar-refractivity contribution >= 4 is 5.97 Å². The Bertz CT molecular complexity index is 197. The third kappa shape index (κ3) is 13.5. The molecule has 0 spiro atoms. The molecule has 0 fully saturated rings. The van der Waals surface area contributed by atoms with Crippen molar-refractivity contribution in [2.75, 3.05) is 6.61 Å². The van der Waals surface area contributed by atoms with Crippen LogP contribution in [0, 0.1) is 11.8 Å². The van der Waals surface area contributed by atoms with Crippen molar-refractivity contribution < 1.29 is 9.53 Å². The Morgan fingerprint density at radius 3 is 2.00 bits per heavy atom. The van der Waals surface area contributed by atoms with Gasteiger partial charge in [-0.05, 0) is 31.1 Å². The molecule has 0 aromatic carbocycles. The topological polar surface area (TPSA) is 26.3 Å². The monoisotopic (exact) mass is 256 g/mol. The van der Waals surface area contributed by atoms with Crippen molar-refractivity contribution in [2.45, 2.75) is 79.1 Å². The van der Waals surface area contributed by atoms with E-state index in [4.69, 9.17) is 4.74 Å².